The van der Waals surface area contributed by atoms with E-state index in [-0.39, 0.29) is 5.88 Å². The molecule has 1 unspecified atom stereocenters. The van der Waals surface area contributed by atoms with Gasteiger partial charge in [0, 0.05) is 26.6 Å². The van der Waals surface area contributed by atoms with Crippen LogP contribution in [0, 0.1) is 16.7 Å². The second-order valence-corrected chi connectivity index (χ2v) is 6.74. The molecule has 146 valence electrons. The highest BCUT2D eigenvalue weighted by atomic mass is 19.1. The number of anilines is 2. The lowest BCUT2D eigenvalue weighted by Gasteiger charge is -2.18. The smallest absolute Gasteiger partial charge is 0.237 e. The molecule has 1 aliphatic heterocycles. The molecular formula is C17H19FN8O2. The van der Waals surface area contributed by atoms with Crippen LogP contribution in [0.1, 0.15) is 13.3 Å². The first kappa shape index (κ1) is 18.1. The van der Waals surface area contributed by atoms with Crippen molar-refractivity contribution in [3.63, 3.8) is 0 Å². The first-order chi connectivity index (χ1) is 13.5. The molecule has 2 atom stereocenters. The number of rotatable bonds is 6. The van der Waals surface area contributed by atoms with Crippen LogP contribution >= 0.6 is 0 Å². The van der Waals surface area contributed by atoms with E-state index in [1.54, 1.807) is 30.2 Å². The summed E-state index contributed by atoms with van der Waals surface area (Å²) in [5.74, 6) is 1.17. The van der Waals surface area contributed by atoms with Crippen molar-refractivity contribution in [2.24, 2.45) is 12.5 Å². The fourth-order valence-corrected chi connectivity index (χ4v) is 3.09. The average molecular weight is 386 g/mol. The Kier molecular flexibility index (Phi) is 4.56. The highest BCUT2D eigenvalue weighted by Gasteiger charge is 2.36. The minimum Gasteiger partial charge on any atom is -0.444 e. The Morgan fingerprint density at radius 3 is 3.04 bits per heavy atom. The van der Waals surface area contributed by atoms with Gasteiger partial charge in [0.1, 0.15) is 10.9 Å². The summed E-state index contributed by atoms with van der Waals surface area (Å²) in [6.07, 6.45) is 2.38. The van der Waals surface area contributed by atoms with Crippen LogP contribution in [0.3, 0.4) is 0 Å². The molecule has 0 radical (unpaired) electrons. The molecule has 4 heterocycles. The number of nitriles is 1. The maximum Gasteiger partial charge on any atom is 0.237 e. The number of aryl methyl sites for hydroxylation is 1. The maximum atomic E-state index is 13.1. The van der Waals surface area contributed by atoms with Gasteiger partial charge in [-0.25, -0.2) is 23.7 Å². The molecule has 1 N–H and O–H groups in total. The summed E-state index contributed by atoms with van der Waals surface area (Å²) in [7, 11) is 1.65. The standard InChI is InChI=1S/C17H19FN8O2/c1-11(18)28-15-5-13(24-25(15)2)22-14-7-20-12-6-21-26(16(12)23-14)9-17(8-19)3-4-27-10-17/h5-7,11H,3-4,9-10H2,1-2H3,(H,22,23,24)/t11?,17-/m1/s1. The number of nitrogens with zero attached hydrogens (tertiary/aromatic N) is 7. The van der Waals surface area contributed by atoms with E-state index in [2.05, 4.69) is 31.6 Å². The van der Waals surface area contributed by atoms with Gasteiger partial charge in [0.25, 0.3) is 0 Å². The third-order valence-corrected chi connectivity index (χ3v) is 4.51. The first-order valence-electron chi connectivity index (χ1n) is 8.77. The van der Waals surface area contributed by atoms with Crippen molar-refractivity contribution in [3.05, 3.63) is 18.5 Å². The predicted molar refractivity (Wildman–Crippen MR) is 96.5 cm³/mol. The van der Waals surface area contributed by atoms with Gasteiger partial charge >= 0.3 is 0 Å². The molecule has 10 nitrogen and oxygen atoms in total. The summed E-state index contributed by atoms with van der Waals surface area (Å²) < 4.78 is 26.6. The highest BCUT2D eigenvalue weighted by molar-refractivity contribution is 5.72. The number of aromatic nitrogens is 6. The molecule has 4 rings (SSSR count). The number of alkyl halides is 1. The Bertz CT molecular complexity index is 1030. The van der Waals surface area contributed by atoms with Gasteiger partial charge in [-0.15, -0.1) is 0 Å². The molecule has 0 bridgehead atoms. The van der Waals surface area contributed by atoms with E-state index in [1.165, 1.54) is 11.6 Å². The topological polar surface area (TPSA) is 116 Å². The molecule has 3 aromatic rings. The van der Waals surface area contributed by atoms with Gasteiger partial charge in [-0.3, -0.25) is 0 Å². The summed E-state index contributed by atoms with van der Waals surface area (Å²) in [6, 6.07) is 3.92. The third-order valence-electron chi connectivity index (χ3n) is 4.51. The van der Waals surface area contributed by atoms with Crippen molar-refractivity contribution >= 4 is 22.8 Å². The number of hydrogen-bond donors (Lipinski definition) is 1. The predicted octanol–water partition coefficient (Wildman–Crippen LogP) is 1.93. The van der Waals surface area contributed by atoms with E-state index in [0.717, 1.165) is 0 Å². The molecule has 1 fully saturated rings. The van der Waals surface area contributed by atoms with Crippen molar-refractivity contribution in [2.75, 3.05) is 18.5 Å². The van der Waals surface area contributed by atoms with E-state index in [9.17, 15) is 9.65 Å². The maximum absolute atomic E-state index is 13.1. The number of halogens is 1. The second-order valence-electron chi connectivity index (χ2n) is 6.74. The first-order valence-corrected chi connectivity index (χ1v) is 8.77. The van der Waals surface area contributed by atoms with Gasteiger partial charge in [-0.05, 0) is 6.42 Å². The van der Waals surface area contributed by atoms with E-state index in [1.807, 2.05) is 0 Å². The van der Waals surface area contributed by atoms with Gasteiger partial charge in [0.15, 0.2) is 17.3 Å². The Hall–Kier alpha value is -3.26. The molecule has 0 aromatic carbocycles. The van der Waals surface area contributed by atoms with E-state index in [4.69, 9.17) is 9.47 Å². The Morgan fingerprint density at radius 1 is 1.46 bits per heavy atom. The van der Waals surface area contributed by atoms with E-state index < -0.39 is 11.8 Å². The SMILES string of the molecule is CC(F)Oc1cc(Nc2cnc3cnn(C[C@]4(C#N)CCOC4)c3n2)nn1C. The molecule has 11 heteroatoms. The fourth-order valence-electron chi connectivity index (χ4n) is 3.09. The van der Waals surface area contributed by atoms with Crippen LogP contribution in [0.2, 0.25) is 0 Å². The van der Waals surface area contributed by atoms with Gasteiger partial charge in [-0.1, -0.05) is 0 Å². The number of hydrogen-bond acceptors (Lipinski definition) is 8. The average Bonchev–Trinajstić information content (AvgIpc) is 3.36. The zero-order chi connectivity index (χ0) is 19.7. The largest absolute Gasteiger partial charge is 0.444 e. The van der Waals surface area contributed by atoms with Crippen molar-refractivity contribution in [1.82, 2.24) is 29.5 Å². The van der Waals surface area contributed by atoms with E-state index in [0.29, 0.717) is 49.0 Å². The van der Waals surface area contributed by atoms with Crippen LogP contribution in [0.4, 0.5) is 16.0 Å². The Balaban J connectivity index is 1.59. The molecule has 0 spiro atoms. The van der Waals surface area contributed by atoms with Crippen LogP contribution in [0.5, 0.6) is 5.88 Å². The monoisotopic (exact) mass is 386 g/mol. The van der Waals surface area contributed by atoms with Crippen molar-refractivity contribution in [3.8, 4) is 11.9 Å². The van der Waals surface area contributed by atoms with Gasteiger partial charge < -0.3 is 14.8 Å². The molecule has 3 aromatic heterocycles. The lowest BCUT2D eigenvalue weighted by Crippen LogP contribution is -2.26. The zero-order valence-corrected chi connectivity index (χ0v) is 15.5. The normalized spacial score (nSPS) is 20.2. The van der Waals surface area contributed by atoms with E-state index >= 15 is 0 Å². The fraction of sp³-hybridized carbons (Fsp3) is 0.471. The quantitative estimate of drug-likeness (QED) is 0.683. The lowest BCUT2D eigenvalue weighted by atomic mass is 9.89. The van der Waals surface area contributed by atoms with Gasteiger partial charge in [0.05, 0.1) is 31.6 Å². The molecule has 0 amide bonds. The van der Waals surface area contributed by atoms with Crippen LogP contribution < -0.4 is 10.1 Å². The van der Waals surface area contributed by atoms with Crippen LogP contribution in [-0.4, -0.2) is 49.1 Å². The second kappa shape index (κ2) is 7.05. The minimum absolute atomic E-state index is 0.286. The molecule has 1 saturated heterocycles. The van der Waals surface area contributed by atoms with Crippen LogP contribution in [-0.2, 0) is 18.3 Å². The molecule has 28 heavy (non-hydrogen) atoms. The van der Waals surface area contributed by atoms with Crippen LogP contribution in [0.15, 0.2) is 18.5 Å². The van der Waals surface area contributed by atoms with Crippen molar-refractivity contribution < 1.29 is 13.9 Å². The lowest BCUT2D eigenvalue weighted by molar-refractivity contribution is 0.0762. The number of nitrogens with one attached hydrogen (secondary N) is 1. The van der Waals surface area contributed by atoms with Gasteiger partial charge in [-0.2, -0.15) is 15.5 Å². The van der Waals surface area contributed by atoms with Crippen molar-refractivity contribution in [2.45, 2.75) is 26.2 Å². The van der Waals surface area contributed by atoms with Crippen molar-refractivity contribution in [1.29, 1.82) is 5.26 Å². The summed E-state index contributed by atoms with van der Waals surface area (Å²) in [4.78, 5) is 8.90. The molecular weight excluding hydrogens is 367 g/mol. The van der Waals surface area contributed by atoms with Crippen LogP contribution in [0.25, 0.3) is 11.2 Å². The summed E-state index contributed by atoms with van der Waals surface area (Å²) >= 11 is 0. The minimum atomic E-state index is -1.44. The molecule has 0 saturated carbocycles. The van der Waals surface area contributed by atoms with Gasteiger partial charge in [0.2, 0.25) is 12.2 Å². The summed E-state index contributed by atoms with van der Waals surface area (Å²) in [6.45, 7) is 2.61. The third kappa shape index (κ3) is 3.46. The summed E-state index contributed by atoms with van der Waals surface area (Å²) in [5, 5.41) is 21.1. The Labute approximate surface area is 159 Å². The molecule has 1 aliphatic rings. The number of fused-ring (bicyclic) bond motifs is 1. The summed E-state index contributed by atoms with van der Waals surface area (Å²) in [5.41, 5.74) is 0.561. The Morgan fingerprint density at radius 2 is 2.32 bits per heavy atom. The molecule has 0 aliphatic carbocycles. The highest BCUT2D eigenvalue weighted by Crippen LogP contribution is 2.30. The number of ether oxygens (including phenoxy) is 2. The zero-order valence-electron chi connectivity index (χ0n) is 15.5.